The molecule has 0 aliphatic heterocycles. The summed E-state index contributed by atoms with van der Waals surface area (Å²) in [5.74, 6) is 1.39. The van der Waals surface area contributed by atoms with Gasteiger partial charge in [0.2, 0.25) is 0 Å². The van der Waals surface area contributed by atoms with Crippen molar-refractivity contribution in [3.8, 4) is 0 Å². The van der Waals surface area contributed by atoms with Crippen molar-refractivity contribution >= 4 is 11.9 Å². The number of rotatable bonds is 9. The number of carboxylic acids is 1. The van der Waals surface area contributed by atoms with E-state index < -0.39 is 5.97 Å². The molecule has 202 valence electrons. The summed E-state index contributed by atoms with van der Waals surface area (Å²) in [5, 5.41) is 9.56. The minimum Gasteiger partial charge on any atom is -0.481 e. The first kappa shape index (κ1) is 27.5. The number of fused-ring (bicyclic) bond motifs is 2. The van der Waals surface area contributed by atoms with Crippen molar-refractivity contribution in [1.82, 2.24) is 0 Å². The Balaban J connectivity index is 1.59. The van der Waals surface area contributed by atoms with Gasteiger partial charge in [0.25, 0.3) is 0 Å². The average molecular weight is 499 g/mol. The quantitative estimate of drug-likeness (QED) is 0.259. The van der Waals surface area contributed by atoms with Gasteiger partial charge >= 0.3 is 11.9 Å². The Bertz CT molecular complexity index is 946. The summed E-state index contributed by atoms with van der Waals surface area (Å²) < 4.78 is 5.72. The van der Waals surface area contributed by atoms with E-state index in [4.69, 9.17) is 4.74 Å². The van der Waals surface area contributed by atoms with E-state index in [0.29, 0.717) is 29.1 Å². The maximum absolute atomic E-state index is 11.8. The molecule has 0 aromatic carbocycles. The Hall–Kier alpha value is -1.58. The van der Waals surface area contributed by atoms with Crippen LogP contribution < -0.4 is 0 Å². The molecule has 0 amide bonds. The molecule has 4 aliphatic carbocycles. The number of hydrogen-bond acceptors (Lipinski definition) is 3. The molecule has 0 saturated heterocycles. The lowest BCUT2D eigenvalue weighted by Crippen LogP contribution is -2.54. The fourth-order valence-corrected chi connectivity index (χ4v) is 10.5. The van der Waals surface area contributed by atoms with Crippen LogP contribution in [0.15, 0.2) is 23.8 Å². The normalized spacial score (nSPS) is 42.2. The Labute approximate surface area is 219 Å². The molecule has 36 heavy (non-hydrogen) atoms. The molecule has 0 radical (unpaired) electrons. The molecule has 4 saturated carbocycles. The van der Waals surface area contributed by atoms with E-state index in [1.54, 1.807) is 0 Å². The molecule has 0 bridgehead atoms. The van der Waals surface area contributed by atoms with Crippen LogP contribution in [-0.2, 0) is 14.3 Å². The van der Waals surface area contributed by atoms with E-state index in [1.165, 1.54) is 63.0 Å². The number of aliphatic carboxylic acids is 1. The molecular formula is C32H50O4. The smallest absolute Gasteiger partial charge is 0.303 e. The van der Waals surface area contributed by atoms with Gasteiger partial charge in [0.15, 0.2) is 0 Å². The predicted molar refractivity (Wildman–Crippen MR) is 144 cm³/mol. The number of carbonyl (C=O) groups is 2. The summed E-state index contributed by atoms with van der Waals surface area (Å²) >= 11 is 0. The third-order valence-corrected chi connectivity index (χ3v) is 12.0. The molecule has 0 heterocycles. The van der Waals surface area contributed by atoms with Crippen LogP contribution in [0.1, 0.15) is 113 Å². The van der Waals surface area contributed by atoms with E-state index in [2.05, 4.69) is 54.2 Å². The Kier molecular flexibility index (Phi) is 7.10. The molecule has 0 aromatic rings. The van der Waals surface area contributed by atoms with Gasteiger partial charge in [0, 0.05) is 13.3 Å². The van der Waals surface area contributed by atoms with Crippen molar-refractivity contribution in [2.45, 2.75) is 119 Å². The van der Waals surface area contributed by atoms with Crippen LogP contribution in [0, 0.1) is 45.3 Å². The zero-order valence-corrected chi connectivity index (χ0v) is 23.9. The van der Waals surface area contributed by atoms with Crippen molar-refractivity contribution in [3.05, 3.63) is 23.8 Å². The monoisotopic (exact) mass is 498 g/mol. The van der Waals surface area contributed by atoms with Crippen molar-refractivity contribution in [1.29, 1.82) is 0 Å². The van der Waals surface area contributed by atoms with E-state index in [9.17, 15) is 14.7 Å². The van der Waals surface area contributed by atoms with Crippen LogP contribution in [-0.4, -0.2) is 23.1 Å². The molecule has 4 fully saturated rings. The maximum Gasteiger partial charge on any atom is 0.303 e. The molecule has 4 heteroatoms. The summed E-state index contributed by atoms with van der Waals surface area (Å²) in [6, 6.07) is 0. The van der Waals surface area contributed by atoms with E-state index >= 15 is 0 Å². The van der Waals surface area contributed by atoms with Crippen molar-refractivity contribution in [2.24, 2.45) is 45.3 Å². The first-order valence-corrected chi connectivity index (χ1v) is 14.4. The highest BCUT2D eigenvalue weighted by molar-refractivity contribution is 5.67. The van der Waals surface area contributed by atoms with Gasteiger partial charge in [-0.05, 0) is 130 Å². The number of carboxylic acid groups (broad SMARTS) is 1. The molecular weight excluding hydrogens is 448 g/mol. The topological polar surface area (TPSA) is 63.6 Å². The standard InChI is InChI=1S/C32H50O4/c1-20(2)17-24(36-23(6)33)18-22(5)26-11-13-30(8)27-10-9-25(21(3)4)31(14-12-28(34)35)19-32(27,31)16-15-29(26,30)7/h17,22,24-27H,3,9-16,18-19H2,1-2,4-8H3,(H,34,35). The highest BCUT2D eigenvalue weighted by Gasteiger charge is 2.80. The minimum atomic E-state index is -0.658. The Morgan fingerprint density at radius 3 is 2.33 bits per heavy atom. The van der Waals surface area contributed by atoms with E-state index in [1.807, 2.05) is 0 Å². The van der Waals surface area contributed by atoms with Gasteiger partial charge in [-0.15, -0.1) is 0 Å². The second kappa shape index (κ2) is 9.31. The summed E-state index contributed by atoms with van der Waals surface area (Å²) in [7, 11) is 0. The maximum atomic E-state index is 11.8. The van der Waals surface area contributed by atoms with E-state index in [0.717, 1.165) is 12.8 Å². The number of allylic oxidation sites excluding steroid dienone is 2. The molecule has 4 nitrogen and oxygen atoms in total. The van der Waals surface area contributed by atoms with Gasteiger partial charge in [-0.3, -0.25) is 9.59 Å². The van der Waals surface area contributed by atoms with E-state index in [-0.39, 0.29) is 34.7 Å². The zero-order chi connectivity index (χ0) is 26.7. The third kappa shape index (κ3) is 4.09. The zero-order valence-electron chi connectivity index (χ0n) is 23.9. The summed E-state index contributed by atoms with van der Waals surface area (Å²) in [6.45, 7) is 19.8. The first-order valence-electron chi connectivity index (χ1n) is 14.4. The lowest BCUT2D eigenvalue weighted by atomic mass is 9.43. The van der Waals surface area contributed by atoms with Gasteiger partial charge in [0.05, 0.1) is 0 Å². The Morgan fingerprint density at radius 1 is 1.06 bits per heavy atom. The van der Waals surface area contributed by atoms with Gasteiger partial charge in [-0.25, -0.2) is 0 Å². The van der Waals surface area contributed by atoms with Gasteiger partial charge in [0.1, 0.15) is 6.10 Å². The third-order valence-electron chi connectivity index (χ3n) is 12.0. The van der Waals surface area contributed by atoms with Gasteiger partial charge in [-0.1, -0.05) is 38.5 Å². The molecule has 0 aromatic heterocycles. The predicted octanol–water partition coefficient (Wildman–Crippen LogP) is 7.97. The number of carbonyl (C=O) groups excluding carboxylic acids is 1. The summed E-state index contributed by atoms with van der Waals surface area (Å²) in [6.07, 6.45) is 12.6. The van der Waals surface area contributed by atoms with Crippen molar-refractivity contribution in [3.63, 3.8) is 0 Å². The summed E-state index contributed by atoms with van der Waals surface area (Å²) in [4.78, 5) is 23.4. The lowest BCUT2D eigenvalue weighted by molar-refractivity contribution is -0.146. The molecule has 9 atom stereocenters. The highest BCUT2D eigenvalue weighted by atomic mass is 16.5. The minimum absolute atomic E-state index is 0.147. The summed E-state index contributed by atoms with van der Waals surface area (Å²) in [5.41, 5.74) is 3.46. The first-order chi connectivity index (χ1) is 16.7. The molecule has 4 aliphatic rings. The Morgan fingerprint density at radius 2 is 1.75 bits per heavy atom. The number of esters is 1. The van der Waals surface area contributed by atoms with Crippen LogP contribution >= 0.6 is 0 Å². The van der Waals surface area contributed by atoms with Crippen molar-refractivity contribution in [2.75, 3.05) is 0 Å². The van der Waals surface area contributed by atoms with Gasteiger partial charge < -0.3 is 9.84 Å². The fraction of sp³-hybridized carbons (Fsp3) is 0.812. The van der Waals surface area contributed by atoms with Crippen LogP contribution in [0.2, 0.25) is 0 Å². The fourth-order valence-electron chi connectivity index (χ4n) is 10.5. The second-order valence-corrected chi connectivity index (χ2v) is 14.0. The van der Waals surface area contributed by atoms with Crippen LogP contribution in [0.3, 0.4) is 0 Å². The largest absolute Gasteiger partial charge is 0.481 e. The number of hydrogen-bond donors (Lipinski definition) is 1. The highest BCUT2D eigenvalue weighted by Crippen LogP contribution is 2.87. The van der Waals surface area contributed by atoms with Crippen molar-refractivity contribution < 1.29 is 19.4 Å². The lowest BCUT2D eigenvalue weighted by Gasteiger charge is -2.61. The van der Waals surface area contributed by atoms with Crippen LogP contribution in [0.5, 0.6) is 0 Å². The van der Waals surface area contributed by atoms with Crippen LogP contribution in [0.4, 0.5) is 0 Å². The molecule has 4 rings (SSSR count). The molecule has 9 unspecified atom stereocenters. The SMILES string of the molecule is C=C(C)C1CCC2C3(C)CCC(C(C)CC(C=C(C)C)OC(C)=O)C3(C)CCC23CC13CCC(=O)O. The molecule has 1 spiro atoms. The second-order valence-electron chi connectivity index (χ2n) is 14.0. The van der Waals surface area contributed by atoms with Gasteiger partial charge in [-0.2, -0.15) is 0 Å². The average Bonchev–Trinajstić information content (AvgIpc) is 3.34. The number of ether oxygens (including phenoxy) is 1. The van der Waals surface area contributed by atoms with Crippen LogP contribution in [0.25, 0.3) is 0 Å². The molecule has 1 N–H and O–H groups in total.